The summed E-state index contributed by atoms with van der Waals surface area (Å²) in [6, 6.07) is 0. The van der Waals surface area contributed by atoms with Gasteiger partial charge in [0.15, 0.2) is 0 Å². The first-order valence-electron chi connectivity index (χ1n) is 9.34. The summed E-state index contributed by atoms with van der Waals surface area (Å²) in [6.07, 6.45) is 20.2. The molecule has 2 nitrogen and oxygen atoms in total. The summed E-state index contributed by atoms with van der Waals surface area (Å²) >= 11 is 2.02. The van der Waals surface area contributed by atoms with E-state index < -0.39 is 0 Å². The first kappa shape index (κ1) is 20.3. The van der Waals surface area contributed by atoms with Crippen LogP contribution in [0, 0.1) is 5.92 Å². The molecule has 1 aliphatic carbocycles. The molecule has 1 atom stereocenters. The molecule has 0 aromatic heterocycles. The Morgan fingerprint density at radius 2 is 2.09 bits per heavy atom. The van der Waals surface area contributed by atoms with Crippen molar-refractivity contribution in [3.63, 3.8) is 0 Å². The van der Waals surface area contributed by atoms with E-state index in [2.05, 4.69) is 29.9 Å². The van der Waals surface area contributed by atoms with Crippen molar-refractivity contribution in [3.05, 3.63) is 23.1 Å². The number of rotatable bonds is 13. The van der Waals surface area contributed by atoms with E-state index in [4.69, 9.17) is 0 Å². The SMILES string of the molecule is CCCCCCC=C[C@H]1CCC=C1SCCCCCC(=O)OC. The zero-order valence-electron chi connectivity index (χ0n) is 15.0. The molecule has 0 saturated carbocycles. The Morgan fingerprint density at radius 3 is 2.87 bits per heavy atom. The van der Waals surface area contributed by atoms with Crippen LogP contribution in [0.4, 0.5) is 0 Å². The fourth-order valence-electron chi connectivity index (χ4n) is 2.85. The Kier molecular flexibility index (Phi) is 12.1. The summed E-state index contributed by atoms with van der Waals surface area (Å²) in [6.45, 7) is 2.26. The Morgan fingerprint density at radius 1 is 1.26 bits per heavy atom. The average molecular weight is 339 g/mol. The number of methoxy groups -OCH3 is 1. The second-order valence-corrected chi connectivity index (χ2v) is 7.47. The summed E-state index contributed by atoms with van der Waals surface area (Å²) in [4.78, 5) is 12.6. The van der Waals surface area contributed by atoms with Gasteiger partial charge < -0.3 is 4.74 Å². The minimum Gasteiger partial charge on any atom is -0.469 e. The highest BCUT2D eigenvalue weighted by Crippen LogP contribution is 2.35. The van der Waals surface area contributed by atoms with E-state index in [1.807, 2.05) is 11.8 Å². The van der Waals surface area contributed by atoms with Crippen molar-refractivity contribution in [2.75, 3.05) is 12.9 Å². The number of thioether (sulfide) groups is 1. The Labute approximate surface area is 147 Å². The molecule has 132 valence electrons. The Hall–Kier alpha value is -0.700. The monoisotopic (exact) mass is 338 g/mol. The van der Waals surface area contributed by atoms with Gasteiger partial charge in [0.25, 0.3) is 0 Å². The van der Waals surface area contributed by atoms with Crippen LogP contribution in [0.15, 0.2) is 23.1 Å². The standard InChI is InChI=1S/C20H34O2S/c1-3-4-5-6-7-9-13-18-14-12-15-19(18)23-17-11-8-10-16-20(21)22-2/h9,13,15,18H,3-8,10-12,14,16-17H2,1-2H3/t18-/m0/s1. The van der Waals surface area contributed by atoms with Crippen LogP contribution in [0.5, 0.6) is 0 Å². The fourth-order valence-corrected chi connectivity index (χ4v) is 4.08. The third-order valence-electron chi connectivity index (χ3n) is 4.30. The van der Waals surface area contributed by atoms with Crippen molar-refractivity contribution in [1.29, 1.82) is 0 Å². The molecular weight excluding hydrogens is 304 g/mol. The number of carbonyl (C=O) groups is 1. The van der Waals surface area contributed by atoms with Gasteiger partial charge in [0.2, 0.25) is 0 Å². The summed E-state index contributed by atoms with van der Waals surface area (Å²) in [5.41, 5.74) is 0. The first-order valence-corrected chi connectivity index (χ1v) is 10.3. The molecule has 0 bridgehead atoms. The van der Waals surface area contributed by atoms with E-state index in [1.54, 1.807) is 4.91 Å². The van der Waals surface area contributed by atoms with Crippen LogP contribution < -0.4 is 0 Å². The van der Waals surface area contributed by atoms with Crippen LogP contribution in [0.2, 0.25) is 0 Å². The maximum Gasteiger partial charge on any atom is 0.305 e. The van der Waals surface area contributed by atoms with Gasteiger partial charge in [-0.25, -0.2) is 0 Å². The van der Waals surface area contributed by atoms with Crippen LogP contribution in [-0.2, 0) is 9.53 Å². The molecule has 0 amide bonds. The Bertz CT molecular complexity index is 374. The molecule has 1 aliphatic rings. The predicted octanol–water partition coefficient (Wildman–Crippen LogP) is 6.27. The molecule has 0 radical (unpaired) electrons. The quantitative estimate of drug-likeness (QED) is 0.225. The minimum absolute atomic E-state index is 0.0831. The normalized spacial score (nSPS) is 17.7. The molecule has 0 spiro atoms. The van der Waals surface area contributed by atoms with Gasteiger partial charge in [-0.3, -0.25) is 4.79 Å². The van der Waals surface area contributed by atoms with E-state index in [9.17, 15) is 4.79 Å². The van der Waals surface area contributed by atoms with Gasteiger partial charge >= 0.3 is 5.97 Å². The first-order chi connectivity index (χ1) is 11.3. The van der Waals surface area contributed by atoms with Crippen molar-refractivity contribution < 1.29 is 9.53 Å². The molecule has 3 heteroatoms. The molecule has 0 unspecified atom stereocenters. The zero-order chi connectivity index (χ0) is 16.8. The van der Waals surface area contributed by atoms with E-state index >= 15 is 0 Å². The van der Waals surface area contributed by atoms with Gasteiger partial charge in [-0.1, -0.05) is 50.8 Å². The highest BCUT2D eigenvalue weighted by Gasteiger charge is 2.16. The zero-order valence-corrected chi connectivity index (χ0v) is 15.8. The summed E-state index contributed by atoms with van der Waals surface area (Å²) in [7, 11) is 1.46. The maximum atomic E-state index is 11.0. The van der Waals surface area contributed by atoms with Gasteiger partial charge in [-0.2, -0.15) is 0 Å². The minimum atomic E-state index is -0.0831. The molecule has 0 heterocycles. The maximum absolute atomic E-state index is 11.0. The van der Waals surface area contributed by atoms with Gasteiger partial charge in [0.05, 0.1) is 7.11 Å². The van der Waals surface area contributed by atoms with Crippen molar-refractivity contribution in [2.24, 2.45) is 5.92 Å². The molecule has 0 aromatic carbocycles. The molecule has 0 aromatic rings. The van der Waals surface area contributed by atoms with Gasteiger partial charge in [-0.15, -0.1) is 11.8 Å². The fraction of sp³-hybridized carbons (Fsp3) is 0.750. The number of esters is 1. The number of unbranched alkanes of at least 4 members (excludes halogenated alkanes) is 6. The number of allylic oxidation sites excluding steroid dienone is 4. The lowest BCUT2D eigenvalue weighted by Gasteiger charge is -2.10. The smallest absolute Gasteiger partial charge is 0.305 e. The number of hydrogen-bond donors (Lipinski definition) is 0. The van der Waals surface area contributed by atoms with E-state index in [0.29, 0.717) is 12.3 Å². The summed E-state index contributed by atoms with van der Waals surface area (Å²) < 4.78 is 4.66. The molecular formula is C20H34O2S. The average Bonchev–Trinajstić information content (AvgIpc) is 3.01. The molecule has 0 saturated heterocycles. The Balaban J connectivity index is 2.08. The summed E-state index contributed by atoms with van der Waals surface area (Å²) in [5, 5.41) is 0. The van der Waals surface area contributed by atoms with Gasteiger partial charge in [0.1, 0.15) is 0 Å². The largest absolute Gasteiger partial charge is 0.469 e. The van der Waals surface area contributed by atoms with Gasteiger partial charge in [-0.05, 0) is 49.2 Å². The number of ether oxygens (including phenoxy) is 1. The lowest BCUT2D eigenvalue weighted by molar-refractivity contribution is -0.140. The van der Waals surface area contributed by atoms with Crippen LogP contribution in [-0.4, -0.2) is 18.8 Å². The third kappa shape index (κ3) is 9.91. The molecule has 0 aliphatic heterocycles. The second-order valence-electron chi connectivity index (χ2n) is 6.30. The van der Waals surface area contributed by atoms with Crippen molar-refractivity contribution in [1.82, 2.24) is 0 Å². The molecule has 23 heavy (non-hydrogen) atoms. The highest BCUT2D eigenvalue weighted by atomic mass is 32.2. The molecule has 0 fully saturated rings. The topological polar surface area (TPSA) is 26.3 Å². The molecule has 0 N–H and O–H groups in total. The summed E-state index contributed by atoms with van der Waals surface area (Å²) in [5.74, 6) is 1.76. The lowest BCUT2D eigenvalue weighted by atomic mass is 10.1. The van der Waals surface area contributed by atoms with Crippen LogP contribution >= 0.6 is 11.8 Å². The number of hydrogen-bond acceptors (Lipinski definition) is 3. The second kappa shape index (κ2) is 13.7. The van der Waals surface area contributed by atoms with Crippen LogP contribution in [0.3, 0.4) is 0 Å². The van der Waals surface area contributed by atoms with Crippen molar-refractivity contribution in [3.8, 4) is 0 Å². The van der Waals surface area contributed by atoms with Crippen molar-refractivity contribution >= 4 is 17.7 Å². The lowest BCUT2D eigenvalue weighted by Crippen LogP contribution is -1.99. The van der Waals surface area contributed by atoms with E-state index in [0.717, 1.165) is 12.8 Å². The predicted molar refractivity (Wildman–Crippen MR) is 102 cm³/mol. The van der Waals surface area contributed by atoms with Crippen LogP contribution in [0.25, 0.3) is 0 Å². The van der Waals surface area contributed by atoms with E-state index in [-0.39, 0.29) is 5.97 Å². The van der Waals surface area contributed by atoms with Crippen LogP contribution in [0.1, 0.15) is 77.6 Å². The highest BCUT2D eigenvalue weighted by molar-refractivity contribution is 8.03. The van der Waals surface area contributed by atoms with Gasteiger partial charge in [0, 0.05) is 12.3 Å². The third-order valence-corrected chi connectivity index (χ3v) is 5.60. The van der Waals surface area contributed by atoms with Crippen molar-refractivity contribution in [2.45, 2.75) is 77.6 Å². The number of carbonyl (C=O) groups excluding carboxylic acids is 1. The van der Waals surface area contributed by atoms with E-state index in [1.165, 1.54) is 64.2 Å². The molecule has 1 rings (SSSR count).